The molecule has 0 fully saturated rings. The van der Waals surface area contributed by atoms with Crippen molar-refractivity contribution >= 4 is 15.9 Å². The number of nitrogens with one attached hydrogen (secondary N) is 1. The van der Waals surface area contributed by atoms with E-state index in [1.807, 2.05) is 7.05 Å². The Hall–Kier alpha value is -0.340. The molecule has 1 unspecified atom stereocenters. The van der Waals surface area contributed by atoms with Crippen LogP contribution in [0.5, 0.6) is 0 Å². The van der Waals surface area contributed by atoms with E-state index in [0.29, 0.717) is 12.0 Å². The molecule has 0 radical (unpaired) electrons. The summed E-state index contributed by atoms with van der Waals surface area (Å²) in [5.74, 6) is 0.696. The lowest BCUT2D eigenvalue weighted by Crippen LogP contribution is -2.30. The van der Waals surface area contributed by atoms with Crippen molar-refractivity contribution in [1.82, 2.24) is 5.32 Å². The van der Waals surface area contributed by atoms with Crippen LogP contribution >= 0.6 is 15.9 Å². The highest BCUT2D eigenvalue weighted by Crippen LogP contribution is 2.15. The summed E-state index contributed by atoms with van der Waals surface area (Å²) in [4.78, 5) is 0. The molecule has 1 nitrogen and oxygen atoms in total. The van der Waals surface area contributed by atoms with Crippen LogP contribution in [-0.2, 0) is 6.42 Å². The first kappa shape index (κ1) is 12.7. The minimum absolute atomic E-state index is 0.615. The second kappa shape index (κ2) is 6.29. The summed E-state index contributed by atoms with van der Waals surface area (Å²) in [6, 6.07) is 9.18. The van der Waals surface area contributed by atoms with Gasteiger partial charge in [0.25, 0.3) is 0 Å². The zero-order valence-corrected chi connectivity index (χ0v) is 11.3. The Kier molecular flexibility index (Phi) is 5.34. The quantitative estimate of drug-likeness (QED) is 0.861. The molecule has 0 aromatic heterocycles. The first-order chi connectivity index (χ1) is 7.13. The highest BCUT2D eigenvalue weighted by atomic mass is 79.9. The Morgan fingerprint density at radius 3 is 2.60 bits per heavy atom. The third-order valence-electron chi connectivity index (χ3n) is 2.81. The van der Waals surface area contributed by atoms with Crippen LogP contribution in [0.2, 0.25) is 0 Å². The number of hydrogen-bond donors (Lipinski definition) is 1. The fraction of sp³-hybridized carbons (Fsp3) is 0.538. The van der Waals surface area contributed by atoms with Crippen molar-refractivity contribution < 1.29 is 0 Å². The van der Waals surface area contributed by atoms with Crippen LogP contribution in [0.4, 0.5) is 0 Å². The maximum atomic E-state index is 3.50. The summed E-state index contributed by atoms with van der Waals surface area (Å²) in [6.07, 6.45) is 2.34. The Morgan fingerprint density at radius 2 is 2.07 bits per heavy atom. The monoisotopic (exact) mass is 269 g/mol. The largest absolute Gasteiger partial charge is 0.317 e. The fourth-order valence-corrected chi connectivity index (χ4v) is 2.27. The summed E-state index contributed by atoms with van der Waals surface area (Å²) in [5.41, 5.74) is 1.41. The predicted molar refractivity (Wildman–Crippen MR) is 70.1 cm³/mol. The van der Waals surface area contributed by atoms with Gasteiger partial charge in [0.15, 0.2) is 0 Å². The van der Waals surface area contributed by atoms with Gasteiger partial charge < -0.3 is 5.32 Å². The Morgan fingerprint density at radius 1 is 1.33 bits per heavy atom. The molecule has 15 heavy (non-hydrogen) atoms. The Labute approximate surface area is 101 Å². The molecule has 0 heterocycles. The second-order valence-electron chi connectivity index (χ2n) is 4.31. The van der Waals surface area contributed by atoms with E-state index >= 15 is 0 Å². The maximum Gasteiger partial charge on any atom is 0.0177 e. The lowest BCUT2D eigenvalue weighted by atomic mass is 9.97. The molecular formula is C13H20BrN. The molecule has 1 aromatic carbocycles. The highest BCUT2D eigenvalue weighted by molar-refractivity contribution is 9.10. The average Bonchev–Trinajstić information content (AvgIpc) is 2.18. The highest BCUT2D eigenvalue weighted by Gasteiger charge is 2.10. The molecule has 1 atom stereocenters. The van der Waals surface area contributed by atoms with Crippen LogP contribution in [-0.4, -0.2) is 13.1 Å². The zero-order valence-electron chi connectivity index (χ0n) is 9.76. The van der Waals surface area contributed by atoms with Crippen LogP contribution < -0.4 is 5.32 Å². The van der Waals surface area contributed by atoms with Gasteiger partial charge in [-0.2, -0.15) is 0 Å². The number of rotatable bonds is 5. The molecular weight excluding hydrogens is 250 g/mol. The van der Waals surface area contributed by atoms with E-state index in [-0.39, 0.29) is 0 Å². The number of hydrogen-bond acceptors (Lipinski definition) is 1. The summed E-state index contributed by atoms with van der Waals surface area (Å²) >= 11 is 3.50. The maximum absolute atomic E-state index is 3.50. The average molecular weight is 270 g/mol. The molecule has 0 spiro atoms. The van der Waals surface area contributed by atoms with Crippen molar-refractivity contribution in [2.24, 2.45) is 5.92 Å². The van der Waals surface area contributed by atoms with Crippen LogP contribution in [0, 0.1) is 5.92 Å². The smallest absolute Gasteiger partial charge is 0.0177 e. The summed E-state index contributed by atoms with van der Waals surface area (Å²) in [6.45, 7) is 4.53. The van der Waals surface area contributed by atoms with Gasteiger partial charge in [-0.1, -0.05) is 41.9 Å². The minimum atomic E-state index is 0.615. The molecule has 0 bridgehead atoms. The molecule has 1 aromatic rings. The topological polar surface area (TPSA) is 12.0 Å². The molecule has 0 aliphatic rings. The number of benzene rings is 1. The van der Waals surface area contributed by atoms with Gasteiger partial charge in [0.2, 0.25) is 0 Å². The van der Waals surface area contributed by atoms with Gasteiger partial charge in [0.05, 0.1) is 0 Å². The minimum Gasteiger partial charge on any atom is -0.317 e. The van der Waals surface area contributed by atoms with Crippen molar-refractivity contribution in [3.63, 3.8) is 0 Å². The van der Waals surface area contributed by atoms with Crippen molar-refractivity contribution in [3.8, 4) is 0 Å². The molecule has 84 valence electrons. The first-order valence-corrected chi connectivity index (χ1v) is 6.34. The molecule has 2 heteroatoms. The van der Waals surface area contributed by atoms with Crippen molar-refractivity contribution in [2.45, 2.75) is 32.7 Å². The summed E-state index contributed by atoms with van der Waals surface area (Å²) < 4.78 is 1.17. The van der Waals surface area contributed by atoms with Gasteiger partial charge in [-0.3, -0.25) is 0 Å². The van der Waals surface area contributed by atoms with Gasteiger partial charge in [-0.25, -0.2) is 0 Å². The Bertz CT molecular complexity index is 296. The molecule has 0 saturated heterocycles. The van der Waals surface area contributed by atoms with Crippen LogP contribution in [0.25, 0.3) is 0 Å². The lowest BCUT2D eigenvalue weighted by Gasteiger charge is -2.19. The van der Waals surface area contributed by atoms with E-state index in [9.17, 15) is 0 Å². The van der Waals surface area contributed by atoms with Gasteiger partial charge in [0, 0.05) is 10.5 Å². The van der Waals surface area contributed by atoms with Gasteiger partial charge >= 0.3 is 0 Å². The number of halogens is 1. The lowest BCUT2D eigenvalue weighted by molar-refractivity contribution is 0.403. The van der Waals surface area contributed by atoms with E-state index in [1.54, 1.807) is 0 Å². The van der Waals surface area contributed by atoms with Crippen LogP contribution in [0.3, 0.4) is 0 Å². The van der Waals surface area contributed by atoms with Gasteiger partial charge in [0.1, 0.15) is 0 Å². The predicted octanol–water partition coefficient (Wildman–Crippen LogP) is 3.63. The summed E-state index contributed by atoms with van der Waals surface area (Å²) in [7, 11) is 2.05. The number of aryl methyl sites for hydroxylation is 1. The zero-order chi connectivity index (χ0) is 11.3. The van der Waals surface area contributed by atoms with E-state index in [4.69, 9.17) is 0 Å². The van der Waals surface area contributed by atoms with E-state index in [1.165, 1.54) is 16.5 Å². The molecule has 0 amide bonds. The van der Waals surface area contributed by atoms with Crippen LogP contribution in [0.1, 0.15) is 25.8 Å². The molecule has 0 saturated carbocycles. The van der Waals surface area contributed by atoms with E-state index in [2.05, 4.69) is 59.4 Å². The SMILES string of the molecule is CNC(CCc1cccc(Br)c1)C(C)C. The second-order valence-corrected chi connectivity index (χ2v) is 5.22. The third kappa shape index (κ3) is 4.35. The fourth-order valence-electron chi connectivity index (χ4n) is 1.83. The van der Waals surface area contributed by atoms with E-state index in [0.717, 1.165) is 6.42 Å². The van der Waals surface area contributed by atoms with Crippen molar-refractivity contribution in [1.29, 1.82) is 0 Å². The van der Waals surface area contributed by atoms with E-state index < -0.39 is 0 Å². The van der Waals surface area contributed by atoms with Crippen LogP contribution in [0.15, 0.2) is 28.7 Å². The van der Waals surface area contributed by atoms with Gasteiger partial charge in [-0.15, -0.1) is 0 Å². The van der Waals surface area contributed by atoms with Crippen molar-refractivity contribution in [2.75, 3.05) is 7.05 Å². The third-order valence-corrected chi connectivity index (χ3v) is 3.30. The molecule has 0 aliphatic carbocycles. The molecule has 1 rings (SSSR count). The Balaban J connectivity index is 2.49. The molecule has 1 N–H and O–H groups in total. The first-order valence-electron chi connectivity index (χ1n) is 5.55. The van der Waals surface area contributed by atoms with Gasteiger partial charge in [-0.05, 0) is 43.5 Å². The van der Waals surface area contributed by atoms with Crippen molar-refractivity contribution in [3.05, 3.63) is 34.3 Å². The summed E-state index contributed by atoms with van der Waals surface area (Å²) in [5, 5.41) is 3.37. The normalized spacial score (nSPS) is 13.1. The molecule has 0 aliphatic heterocycles. The standard InChI is InChI=1S/C13H20BrN/c1-10(2)13(15-3)8-7-11-5-4-6-12(14)9-11/h4-6,9-10,13,15H,7-8H2,1-3H3.